The molecule has 5 rings (SSSR count). The van der Waals surface area contributed by atoms with Crippen molar-refractivity contribution in [2.75, 3.05) is 26.0 Å². The summed E-state index contributed by atoms with van der Waals surface area (Å²) in [6.07, 6.45) is 6.47. The molecular formula is C28H33N5O4. The molecule has 2 aromatic rings. The van der Waals surface area contributed by atoms with E-state index in [1.54, 1.807) is 67.6 Å². The average Bonchev–Trinajstić information content (AvgIpc) is 3.43. The molecule has 2 heterocycles. The van der Waals surface area contributed by atoms with Gasteiger partial charge in [-0.3, -0.25) is 14.9 Å². The van der Waals surface area contributed by atoms with E-state index in [1.165, 1.54) is 12.8 Å². The summed E-state index contributed by atoms with van der Waals surface area (Å²) in [6, 6.07) is 14.3. The molecule has 0 spiro atoms. The SMILES string of the molecule is COc1cc(C(=O)C(O)c2ccccc2)ccc1NC1NCC2=C(N1)N(C1CCCC1)C=CC(=O)N2C. The van der Waals surface area contributed by atoms with Gasteiger partial charge in [0.05, 0.1) is 18.5 Å². The van der Waals surface area contributed by atoms with Gasteiger partial charge in [-0.25, -0.2) is 0 Å². The normalized spacial score (nSPS) is 20.8. The second-order valence-electron chi connectivity index (χ2n) is 9.55. The molecule has 37 heavy (non-hydrogen) atoms. The molecule has 2 atom stereocenters. The lowest BCUT2D eigenvalue weighted by Gasteiger charge is -2.39. The lowest BCUT2D eigenvalue weighted by atomic mass is 9.99. The van der Waals surface area contributed by atoms with E-state index >= 15 is 0 Å². The zero-order chi connectivity index (χ0) is 25.9. The van der Waals surface area contributed by atoms with Crippen LogP contribution in [0.15, 0.2) is 72.3 Å². The van der Waals surface area contributed by atoms with E-state index < -0.39 is 11.9 Å². The average molecular weight is 504 g/mol. The number of likely N-dealkylation sites (N-methyl/N-ethyl adjacent to an activating group) is 1. The quantitative estimate of drug-likeness (QED) is 0.428. The fourth-order valence-corrected chi connectivity index (χ4v) is 5.16. The van der Waals surface area contributed by atoms with Gasteiger partial charge in [0.1, 0.15) is 17.7 Å². The fraction of sp³-hybridized carbons (Fsp3) is 0.357. The first kappa shape index (κ1) is 24.9. The number of hydrogen-bond acceptors (Lipinski definition) is 8. The van der Waals surface area contributed by atoms with Crippen molar-refractivity contribution >= 4 is 17.4 Å². The molecule has 2 aromatic carbocycles. The first-order chi connectivity index (χ1) is 18.0. The van der Waals surface area contributed by atoms with E-state index in [4.69, 9.17) is 4.74 Å². The Morgan fingerprint density at radius 3 is 2.65 bits per heavy atom. The van der Waals surface area contributed by atoms with Gasteiger partial charge >= 0.3 is 0 Å². The Kier molecular flexibility index (Phi) is 7.16. The molecule has 2 unspecified atom stereocenters. The van der Waals surface area contributed by atoms with Gasteiger partial charge in [-0.2, -0.15) is 0 Å². The lowest BCUT2D eigenvalue weighted by Crippen LogP contribution is -2.57. The van der Waals surface area contributed by atoms with Crippen LogP contribution in [-0.4, -0.2) is 59.6 Å². The number of aliphatic hydroxyl groups is 1. The summed E-state index contributed by atoms with van der Waals surface area (Å²) < 4.78 is 5.58. The number of ether oxygens (including phenoxy) is 1. The third kappa shape index (κ3) is 5.05. The molecule has 194 valence electrons. The van der Waals surface area contributed by atoms with Crippen molar-refractivity contribution in [3.63, 3.8) is 0 Å². The number of Topliss-reactive ketones (excluding diaryl/α,β-unsaturated/α-hetero) is 1. The summed E-state index contributed by atoms with van der Waals surface area (Å²) >= 11 is 0. The van der Waals surface area contributed by atoms with E-state index in [2.05, 4.69) is 20.9 Å². The molecule has 0 radical (unpaired) electrons. The van der Waals surface area contributed by atoms with Crippen LogP contribution in [0.1, 0.15) is 47.7 Å². The minimum atomic E-state index is -1.25. The number of nitrogens with zero attached hydrogens (tertiary/aromatic N) is 2. The van der Waals surface area contributed by atoms with Crippen LogP contribution in [0.4, 0.5) is 5.69 Å². The molecule has 0 aromatic heterocycles. The van der Waals surface area contributed by atoms with Crippen molar-refractivity contribution in [3.8, 4) is 5.75 Å². The number of amides is 1. The molecule has 1 amide bonds. The predicted molar refractivity (Wildman–Crippen MR) is 140 cm³/mol. The summed E-state index contributed by atoms with van der Waals surface area (Å²) in [7, 11) is 3.34. The number of benzene rings is 2. The molecule has 0 bridgehead atoms. The molecule has 9 nitrogen and oxygen atoms in total. The van der Waals surface area contributed by atoms with Gasteiger partial charge < -0.3 is 30.3 Å². The predicted octanol–water partition coefficient (Wildman–Crippen LogP) is 2.90. The largest absolute Gasteiger partial charge is 0.495 e. The van der Waals surface area contributed by atoms with Crippen LogP contribution in [-0.2, 0) is 4.79 Å². The Balaban J connectivity index is 1.35. The van der Waals surface area contributed by atoms with Gasteiger partial charge in [0, 0.05) is 37.5 Å². The summed E-state index contributed by atoms with van der Waals surface area (Å²) in [5.41, 5.74) is 2.47. The van der Waals surface area contributed by atoms with Crippen molar-refractivity contribution < 1.29 is 19.4 Å². The topological polar surface area (TPSA) is 106 Å². The third-order valence-corrected chi connectivity index (χ3v) is 7.27. The van der Waals surface area contributed by atoms with Crippen LogP contribution in [0.3, 0.4) is 0 Å². The second kappa shape index (κ2) is 10.7. The minimum absolute atomic E-state index is 0.0531. The first-order valence-corrected chi connectivity index (χ1v) is 12.7. The van der Waals surface area contributed by atoms with Crippen molar-refractivity contribution in [1.29, 1.82) is 0 Å². The van der Waals surface area contributed by atoms with Crippen LogP contribution in [0.25, 0.3) is 0 Å². The molecule has 1 aliphatic carbocycles. The highest BCUT2D eigenvalue weighted by Gasteiger charge is 2.33. The highest BCUT2D eigenvalue weighted by molar-refractivity contribution is 6.00. The highest BCUT2D eigenvalue weighted by atomic mass is 16.5. The molecule has 2 aliphatic heterocycles. The highest BCUT2D eigenvalue weighted by Crippen LogP contribution is 2.32. The molecular weight excluding hydrogens is 470 g/mol. The number of aliphatic hydroxyl groups excluding tert-OH is 1. The standard InChI is InChI=1S/C28H33N5O4/c1-32-22-17-29-28(31-27(22)33(15-14-24(32)34)20-10-6-7-11-20)30-21-13-12-19(16-23(21)37-2)26(36)25(35)18-8-4-3-5-9-18/h3-5,8-9,12-16,20,25,28-31,35H,6-7,10-11,17H2,1-2H3. The molecule has 9 heteroatoms. The minimum Gasteiger partial charge on any atom is -0.495 e. The summed E-state index contributed by atoms with van der Waals surface area (Å²) in [5, 5.41) is 20.9. The maximum atomic E-state index is 12.9. The Labute approximate surface area is 216 Å². The summed E-state index contributed by atoms with van der Waals surface area (Å²) in [5.74, 6) is 0.937. The molecule has 3 aliphatic rings. The van der Waals surface area contributed by atoms with Gasteiger partial charge in [-0.15, -0.1) is 0 Å². The lowest BCUT2D eigenvalue weighted by molar-refractivity contribution is -0.123. The number of rotatable bonds is 7. The van der Waals surface area contributed by atoms with Crippen molar-refractivity contribution in [2.45, 2.75) is 44.1 Å². The Morgan fingerprint density at radius 2 is 1.92 bits per heavy atom. The first-order valence-electron chi connectivity index (χ1n) is 12.7. The Hall–Kier alpha value is -3.82. The van der Waals surface area contributed by atoms with E-state index in [0.29, 0.717) is 35.2 Å². The van der Waals surface area contributed by atoms with E-state index in [0.717, 1.165) is 24.4 Å². The van der Waals surface area contributed by atoms with Crippen molar-refractivity contribution in [3.05, 3.63) is 83.5 Å². The number of methoxy groups -OCH3 is 1. The monoisotopic (exact) mass is 503 g/mol. The van der Waals surface area contributed by atoms with Crippen molar-refractivity contribution in [1.82, 2.24) is 20.4 Å². The number of hydrogen-bond donors (Lipinski definition) is 4. The van der Waals surface area contributed by atoms with E-state index in [1.807, 2.05) is 12.3 Å². The van der Waals surface area contributed by atoms with Gasteiger partial charge in [0.2, 0.25) is 0 Å². The van der Waals surface area contributed by atoms with Gasteiger partial charge in [-0.05, 0) is 36.6 Å². The molecule has 1 saturated carbocycles. The number of ketones is 1. The summed E-state index contributed by atoms with van der Waals surface area (Å²) in [4.78, 5) is 29.4. The molecule has 1 fully saturated rings. The Morgan fingerprint density at radius 1 is 1.16 bits per heavy atom. The molecule has 0 saturated heterocycles. The van der Waals surface area contributed by atoms with E-state index in [-0.39, 0.29) is 12.2 Å². The number of anilines is 1. The number of nitrogens with one attached hydrogen (secondary N) is 3. The maximum absolute atomic E-state index is 12.9. The number of carbonyl (C=O) groups is 2. The summed E-state index contributed by atoms with van der Waals surface area (Å²) in [6.45, 7) is 0.495. The van der Waals surface area contributed by atoms with Crippen LogP contribution in [0, 0.1) is 0 Å². The maximum Gasteiger partial charge on any atom is 0.252 e. The molecule has 4 N–H and O–H groups in total. The second-order valence-corrected chi connectivity index (χ2v) is 9.55. The third-order valence-electron chi connectivity index (χ3n) is 7.27. The van der Waals surface area contributed by atoms with Crippen LogP contribution < -0.4 is 20.7 Å². The Bertz CT molecular complexity index is 1220. The van der Waals surface area contributed by atoms with Crippen LogP contribution >= 0.6 is 0 Å². The zero-order valence-electron chi connectivity index (χ0n) is 21.1. The van der Waals surface area contributed by atoms with Gasteiger partial charge in [0.25, 0.3) is 5.91 Å². The fourth-order valence-electron chi connectivity index (χ4n) is 5.16. The van der Waals surface area contributed by atoms with Crippen LogP contribution in [0.5, 0.6) is 5.75 Å². The van der Waals surface area contributed by atoms with Crippen molar-refractivity contribution in [2.24, 2.45) is 0 Å². The smallest absolute Gasteiger partial charge is 0.252 e. The zero-order valence-corrected chi connectivity index (χ0v) is 21.1. The van der Waals surface area contributed by atoms with Gasteiger partial charge in [-0.1, -0.05) is 43.2 Å². The van der Waals surface area contributed by atoms with E-state index in [9.17, 15) is 14.7 Å². The number of carbonyl (C=O) groups excluding carboxylic acids is 2. The van der Waals surface area contributed by atoms with Crippen LogP contribution in [0.2, 0.25) is 0 Å². The van der Waals surface area contributed by atoms with Gasteiger partial charge in [0.15, 0.2) is 12.1 Å².